The highest BCUT2D eigenvalue weighted by atomic mass is 32.2. The van der Waals surface area contributed by atoms with Crippen molar-refractivity contribution in [2.75, 3.05) is 14.2 Å². The summed E-state index contributed by atoms with van der Waals surface area (Å²) in [5.74, 6) is -0.157. The van der Waals surface area contributed by atoms with Gasteiger partial charge in [-0.25, -0.2) is 27.8 Å². The zero-order valence-electron chi connectivity index (χ0n) is 19.5. The third kappa shape index (κ3) is 5.05. The number of ether oxygens (including phenoxy) is 2. The highest BCUT2D eigenvalue weighted by Crippen LogP contribution is 2.29. The number of nitrogens with zero attached hydrogens (tertiary/aromatic N) is 8. The molecule has 3 aromatic heterocycles. The third-order valence-corrected chi connectivity index (χ3v) is 7.35. The summed E-state index contributed by atoms with van der Waals surface area (Å²) in [6.07, 6.45) is 4.32. The van der Waals surface area contributed by atoms with Crippen LogP contribution in [-0.2, 0) is 38.5 Å². The van der Waals surface area contributed by atoms with Gasteiger partial charge in [0, 0.05) is 26.8 Å². The van der Waals surface area contributed by atoms with Crippen molar-refractivity contribution in [3.63, 3.8) is 0 Å². The Morgan fingerprint density at radius 1 is 1.23 bits per heavy atom. The molecule has 35 heavy (non-hydrogen) atoms. The van der Waals surface area contributed by atoms with Gasteiger partial charge in [-0.15, -0.1) is 10.2 Å². The van der Waals surface area contributed by atoms with E-state index in [4.69, 9.17) is 9.47 Å². The Morgan fingerprint density at radius 2 is 1.97 bits per heavy atom. The zero-order valence-corrected chi connectivity index (χ0v) is 20.3. The van der Waals surface area contributed by atoms with Crippen LogP contribution in [0.4, 0.5) is 4.39 Å². The molecule has 4 rings (SSSR count). The lowest BCUT2D eigenvalue weighted by molar-refractivity contribution is 0.142. The molecule has 0 saturated heterocycles. The van der Waals surface area contributed by atoms with Crippen molar-refractivity contribution in [3.05, 3.63) is 48.0 Å². The van der Waals surface area contributed by atoms with Gasteiger partial charge < -0.3 is 14.8 Å². The smallest absolute Gasteiger partial charge is 0.217 e. The fourth-order valence-electron chi connectivity index (χ4n) is 3.48. The van der Waals surface area contributed by atoms with Crippen molar-refractivity contribution in [2.45, 2.75) is 30.6 Å². The Bertz CT molecular complexity index is 1370. The number of aryl methyl sites for hydroxylation is 1. The normalized spacial score (nSPS) is 16.9. The first-order chi connectivity index (χ1) is 16.7. The summed E-state index contributed by atoms with van der Waals surface area (Å²) in [6, 6.07) is 1.72. The van der Waals surface area contributed by atoms with Crippen molar-refractivity contribution in [2.24, 2.45) is 12.0 Å². The van der Waals surface area contributed by atoms with Crippen molar-refractivity contribution in [3.8, 4) is 11.5 Å². The minimum atomic E-state index is -3.78. The molecule has 1 aliphatic rings. The molecular formula is C20H24FN9O4S. The molecule has 0 amide bonds. The number of nitrogens with one attached hydrogen (secondary N) is 1. The van der Waals surface area contributed by atoms with Gasteiger partial charge in [-0.1, -0.05) is 0 Å². The first-order valence-electron chi connectivity index (χ1n) is 10.4. The van der Waals surface area contributed by atoms with Crippen LogP contribution in [0.1, 0.15) is 18.6 Å². The molecule has 0 aliphatic carbocycles. The molecule has 0 bridgehead atoms. The monoisotopic (exact) mass is 505 g/mol. The van der Waals surface area contributed by atoms with Gasteiger partial charge in [-0.3, -0.25) is 9.25 Å². The van der Waals surface area contributed by atoms with Crippen LogP contribution in [-0.4, -0.2) is 75.0 Å². The molecule has 186 valence electrons. The second-order valence-electron chi connectivity index (χ2n) is 7.72. The van der Waals surface area contributed by atoms with Crippen LogP contribution in [0.15, 0.2) is 35.5 Å². The molecule has 0 fully saturated rings. The van der Waals surface area contributed by atoms with Crippen LogP contribution in [0.5, 0.6) is 0 Å². The highest BCUT2D eigenvalue weighted by Gasteiger charge is 2.33. The molecule has 0 saturated carbocycles. The van der Waals surface area contributed by atoms with Gasteiger partial charge in [0.25, 0.3) is 0 Å². The van der Waals surface area contributed by atoms with Gasteiger partial charge in [0.15, 0.2) is 33.5 Å². The number of hydrogen-bond acceptors (Lipinski definition) is 11. The van der Waals surface area contributed by atoms with E-state index in [-0.39, 0.29) is 29.8 Å². The van der Waals surface area contributed by atoms with Crippen LogP contribution in [0.2, 0.25) is 0 Å². The van der Waals surface area contributed by atoms with E-state index in [1.165, 1.54) is 32.0 Å². The van der Waals surface area contributed by atoms with Crippen molar-refractivity contribution >= 4 is 21.9 Å². The topological polar surface area (TPSA) is 151 Å². The third-order valence-electron chi connectivity index (χ3n) is 5.30. The summed E-state index contributed by atoms with van der Waals surface area (Å²) in [5, 5.41) is 14.8. The van der Waals surface area contributed by atoms with E-state index in [1.807, 2.05) is 0 Å². The Kier molecular flexibility index (Phi) is 6.88. The molecule has 0 spiro atoms. The lowest BCUT2D eigenvalue weighted by atomic mass is 10.3. The van der Waals surface area contributed by atoms with Gasteiger partial charge in [-0.2, -0.15) is 5.10 Å². The van der Waals surface area contributed by atoms with Gasteiger partial charge in [-0.05, 0) is 13.0 Å². The molecule has 15 heteroatoms. The van der Waals surface area contributed by atoms with E-state index in [0.717, 1.165) is 12.4 Å². The summed E-state index contributed by atoms with van der Waals surface area (Å²) in [4.78, 5) is 12.0. The van der Waals surface area contributed by atoms with Crippen LogP contribution >= 0.6 is 0 Å². The van der Waals surface area contributed by atoms with Gasteiger partial charge in [0.1, 0.15) is 23.0 Å². The standard InChI is InChI=1S/C20H24FN9O4S/c1-12(7-15-22-8-13(21)9-23-15)35(31,32)10-16-26-27-18(14-5-6-29(2)28-14)30(16)17-19(33-3)24-11-25-20(17)34-4/h5-6,8-9,11-12,19H,7,10H2,1-4H3,(H,24,25)/t12-,19?/m1/s1. The largest absolute Gasteiger partial charge is 0.481 e. The van der Waals surface area contributed by atoms with E-state index >= 15 is 0 Å². The van der Waals surface area contributed by atoms with Gasteiger partial charge >= 0.3 is 0 Å². The summed E-state index contributed by atoms with van der Waals surface area (Å²) in [6.45, 7) is 1.53. The lowest BCUT2D eigenvalue weighted by Gasteiger charge is -2.25. The number of hydrogen-bond donors (Lipinski definition) is 1. The average Bonchev–Trinajstić information content (AvgIpc) is 3.45. The van der Waals surface area contributed by atoms with Crippen molar-refractivity contribution in [1.29, 1.82) is 0 Å². The lowest BCUT2D eigenvalue weighted by Crippen LogP contribution is -2.31. The first kappa shape index (κ1) is 24.4. The molecule has 0 radical (unpaired) electrons. The predicted octanol–water partition coefficient (Wildman–Crippen LogP) is 0.530. The number of aliphatic imine (C=N–C) groups is 1. The minimum absolute atomic E-state index is 0.00239. The van der Waals surface area contributed by atoms with Crippen LogP contribution in [0.3, 0.4) is 0 Å². The molecule has 1 N–H and O–H groups in total. The summed E-state index contributed by atoms with van der Waals surface area (Å²) in [7, 11) is 0.892. The SMILES string of the molecule is COC1=C(n2c(CS(=O)(=O)[C@H](C)Cc3ncc(F)cn3)nnc2-c2ccn(C)n2)C(OC)N=CN1. The van der Waals surface area contributed by atoms with Crippen LogP contribution in [0, 0.1) is 5.82 Å². The van der Waals surface area contributed by atoms with E-state index in [2.05, 4.69) is 35.6 Å². The molecule has 2 atom stereocenters. The first-order valence-corrected chi connectivity index (χ1v) is 12.2. The van der Waals surface area contributed by atoms with E-state index in [1.54, 1.807) is 24.0 Å². The van der Waals surface area contributed by atoms with E-state index in [9.17, 15) is 12.8 Å². The number of sulfone groups is 1. The highest BCUT2D eigenvalue weighted by molar-refractivity contribution is 7.91. The quantitative estimate of drug-likeness (QED) is 0.436. The maximum atomic E-state index is 13.3. The zero-order chi connectivity index (χ0) is 25.2. The Morgan fingerprint density at radius 3 is 2.60 bits per heavy atom. The molecule has 13 nitrogen and oxygen atoms in total. The Hall–Kier alpha value is -3.72. The fraction of sp³-hybridized carbons (Fsp3) is 0.400. The molecule has 3 aromatic rings. The molecular weight excluding hydrogens is 481 g/mol. The summed E-state index contributed by atoms with van der Waals surface area (Å²) >= 11 is 0. The Balaban J connectivity index is 1.75. The second kappa shape index (κ2) is 9.87. The van der Waals surface area contributed by atoms with Crippen LogP contribution in [0.25, 0.3) is 17.2 Å². The van der Waals surface area contributed by atoms with Gasteiger partial charge in [0.05, 0.1) is 31.1 Å². The summed E-state index contributed by atoms with van der Waals surface area (Å²) in [5.41, 5.74) is 0.826. The fourth-order valence-corrected chi connectivity index (χ4v) is 4.72. The molecule has 0 aromatic carbocycles. The second-order valence-corrected chi connectivity index (χ2v) is 10.1. The van der Waals surface area contributed by atoms with E-state index in [0.29, 0.717) is 11.4 Å². The number of rotatable bonds is 9. The number of aromatic nitrogens is 7. The average molecular weight is 506 g/mol. The molecule has 1 aliphatic heterocycles. The number of halogens is 1. The Labute approximate surface area is 200 Å². The van der Waals surface area contributed by atoms with Crippen LogP contribution < -0.4 is 5.32 Å². The number of methoxy groups -OCH3 is 2. The maximum Gasteiger partial charge on any atom is 0.217 e. The minimum Gasteiger partial charge on any atom is -0.481 e. The van der Waals surface area contributed by atoms with Crippen molar-refractivity contribution in [1.82, 2.24) is 39.8 Å². The van der Waals surface area contributed by atoms with Gasteiger partial charge in [0.2, 0.25) is 5.88 Å². The maximum absolute atomic E-state index is 13.3. The summed E-state index contributed by atoms with van der Waals surface area (Å²) < 4.78 is 53.8. The molecule has 1 unspecified atom stereocenters. The van der Waals surface area contributed by atoms with E-state index < -0.39 is 32.9 Å². The van der Waals surface area contributed by atoms with Crippen molar-refractivity contribution < 1.29 is 22.3 Å². The predicted molar refractivity (Wildman–Crippen MR) is 123 cm³/mol. The molecule has 4 heterocycles.